The van der Waals surface area contributed by atoms with Crippen molar-refractivity contribution in [3.8, 4) is 0 Å². The lowest BCUT2D eigenvalue weighted by atomic mass is 9.88. The second-order valence-electron chi connectivity index (χ2n) is 7.21. The Bertz CT molecular complexity index is 1180. The zero-order valence-corrected chi connectivity index (χ0v) is 16.6. The Morgan fingerprint density at radius 3 is 2.69 bits per heavy atom. The Morgan fingerprint density at radius 2 is 1.97 bits per heavy atom. The molecule has 0 spiro atoms. The van der Waals surface area contributed by atoms with Crippen LogP contribution in [0.15, 0.2) is 59.1 Å². The average molecular weight is 407 g/mol. The van der Waals surface area contributed by atoms with Gasteiger partial charge >= 0.3 is 0 Å². The Hall–Kier alpha value is -3.12. The molecule has 6 nitrogen and oxygen atoms in total. The SMILES string of the molecule is Cc1noc([C@H]2Cc3c([nH]c4ccccc34)[C@H](c3ccccc3)N2C(=O)CCl)n1. The maximum absolute atomic E-state index is 13.1. The maximum Gasteiger partial charge on any atom is 0.249 e. The number of amides is 1. The van der Waals surface area contributed by atoms with Gasteiger partial charge in [-0.1, -0.05) is 53.7 Å². The molecule has 0 fully saturated rings. The number of aromatic nitrogens is 3. The molecular formula is C22H19ClN4O2. The van der Waals surface area contributed by atoms with Crippen molar-refractivity contribution < 1.29 is 9.32 Å². The number of carbonyl (C=O) groups excluding carboxylic acids is 1. The molecule has 146 valence electrons. The van der Waals surface area contributed by atoms with Gasteiger partial charge in [0.25, 0.3) is 0 Å². The minimum atomic E-state index is -0.389. The third-order valence-corrected chi connectivity index (χ3v) is 5.71. The maximum atomic E-state index is 13.1. The van der Waals surface area contributed by atoms with Crippen molar-refractivity contribution in [3.63, 3.8) is 0 Å². The topological polar surface area (TPSA) is 75.0 Å². The van der Waals surface area contributed by atoms with Crippen molar-refractivity contribution in [2.45, 2.75) is 25.4 Å². The summed E-state index contributed by atoms with van der Waals surface area (Å²) in [5.41, 5.74) is 4.20. The summed E-state index contributed by atoms with van der Waals surface area (Å²) >= 11 is 6.03. The lowest BCUT2D eigenvalue weighted by Gasteiger charge is -2.40. The first-order valence-electron chi connectivity index (χ1n) is 9.49. The van der Waals surface area contributed by atoms with Crippen molar-refractivity contribution in [1.82, 2.24) is 20.0 Å². The van der Waals surface area contributed by atoms with Crippen molar-refractivity contribution in [1.29, 1.82) is 0 Å². The van der Waals surface area contributed by atoms with Crippen LogP contribution in [0.2, 0.25) is 0 Å². The van der Waals surface area contributed by atoms with E-state index in [9.17, 15) is 4.79 Å². The third kappa shape index (κ3) is 2.91. The molecule has 1 amide bonds. The number of hydrogen-bond acceptors (Lipinski definition) is 4. The van der Waals surface area contributed by atoms with Gasteiger partial charge in [-0.15, -0.1) is 11.6 Å². The van der Waals surface area contributed by atoms with E-state index in [0.29, 0.717) is 18.1 Å². The minimum Gasteiger partial charge on any atom is -0.356 e. The second-order valence-corrected chi connectivity index (χ2v) is 7.48. The normalized spacial score (nSPS) is 18.8. The van der Waals surface area contributed by atoms with Gasteiger partial charge in [0.15, 0.2) is 5.82 Å². The van der Waals surface area contributed by atoms with E-state index in [1.807, 2.05) is 42.5 Å². The average Bonchev–Trinajstić information content (AvgIpc) is 3.35. The number of benzene rings is 2. The molecule has 0 radical (unpaired) electrons. The molecule has 1 aliphatic rings. The van der Waals surface area contributed by atoms with Gasteiger partial charge in [-0.3, -0.25) is 4.79 Å². The molecule has 1 aliphatic heterocycles. The number of para-hydroxylation sites is 1. The molecule has 0 unspecified atom stereocenters. The molecule has 1 N–H and O–H groups in total. The number of alkyl halides is 1. The van der Waals surface area contributed by atoms with Crippen molar-refractivity contribution in [2.24, 2.45) is 0 Å². The Balaban J connectivity index is 1.78. The van der Waals surface area contributed by atoms with Gasteiger partial charge in [0.05, 0.1) is 6.04 Å². The number of halogens is 1. The van der Waals surface area contributed by atoms with Crippen LogP contribution >= 0.6 is 11.6 Å². The molecular weight excluding hydrogens is 388 g/mol. The van der Waals surface area contributed by atoms with Crippen molar-refractivity contribution in [3.05, 3.63) is 83.1 Å². The number of rotatable bonds is 3. The van der Waals surface area contributed by atoms with Crippen LogP contribution in [0.25, 0.3) is 10.9 Å². The monoisotopic (exact) mass is 406 g/mol. The molecule has 2 atom stereocenters. The molecule has 29 heavy (non-hydrogen) atoms. The van der Waals surface area contributed by atoms with E-state index < -0.39 is 0 Å². The number of nitrogens with zero attached hydrogens (tertiary/aromatic N) is 3. The van der Waals surface area contributed by atoms with Crippen LogP contribution in [0.4, 0.5) is 0 Å². The van der Waals surface area contributed by atoms with Crippen LogP contribution in [-0.2, 0) is 11.2 Å². The molecule has 0 bridgehead atoms. The highest BCUT2D eigenvalue weighted by atomic mass is 35.5. The fraction of sp³-hybridized carbons (Fsp3) is 0.227. The van der Waals surface area contributed by atoms with E-state index in [4.69, 9.17) is 16.1 Å². The molecule has 5 rings (SSSR count). The minimum absolute atomic E-state index is 0.123. The third-order valence-electron chi connectivity index (χ3n) is 5.48. The number of aromatic amines is 1. The standard InChI is InChI=1S/C22H19ClN4O2/c1-13-24-22(29-26-13)18-11-16-15-9-5-6-10-17(15)25-20(16)21(27(18)19(28)12-23)14-7-3-2-4-8-14/h2-10,18,21,25H,11-12H2,1H3/t18-,21+/m1/s1. The van der Waals surface area contributed by atoms with Crippen LogP contribution in [-0.4, -0.2) is 31.8 Å². The number of fused-ring (bicyclic) bond motifs is 3. The van der Waals surface area contributed by atoms with Crippen LogP contribution in [0.5, 0.6) is 0 Å². The van der Waals surface area contributed by atoms with E-state index >= 15 is 0 Å². The van der Waals surface area contributed by atoms with Crippen LogP contribution in [0.3, 0.4) is 0 Å². The molecule has 0 saturated heterocycles. The summed E-state index contributed by atoms with van der Waals surface area (Å²) in [7, 11) is 0. The van der Waals surface area contributed by atoms with E-state index in [2.05, 4.69) is 27.3 Å². The quantitative estimate of drug-likeness (QED) is 0.514. The van der Waals surface area contributed by atoms with Gasteiger partial charge in [-0.05, 0) is 24.1 Å². The van der Waals surface area contributed by atoms with Gasteiger partial charge in [-0.2, -0.15) is 4.98 Å². The van der Waals surface area contributed by atoms with E-state index in [0.717, 1.165) is 27.7 Å². The Kier molecular flexibility index (Phi) is 4.36. The highest BCUT2D eigenvalue weighted by Gasteiger charge is 2.42. The van der Waals surface area contributed by atoms with Crippen LogP contribution in [0, 0.1) is 6.92 Å². The summed E-state index contributed by atoms with van der Waals surface area (Å²) in [5.74, 6) is 0.672. The fourth-order valence-corrected chi connectivity index (χ4v) is 4.43. The Morgan fingerprint density at radius 1 is 1.21 bits per heavy atom. The van der Waals surface area contributed by atoms with E-state index in [-0.39, 0.29) is 23.9 Å². The van der Waals surface area contributed by atoms with Gasteiger partial charge < -0.3 is 14.4 Å². The number of hydrogen-bond donors (Lipinski definition) is 1. The lowest BCUT2D eigenvalue weighted by molar-refractivity contribution is -0.134. The van der Waals surface area contributed by atoms with Gasteiger partial charge in [0.2, 0.25) is 11.8 Å². The predicted molar refractivity (Wildman–Crippen MR) is 110 cm³/mol. The summed E-state index contributed by atoms with van der Waals surface area (Å²) in [6.45, 7) is 1.77. The van der Waals surface area contributed by atoms with Gasteiger partial charge in [0, 0.05) is 23.0 Å². The summed E-state index contributed by atoms with van der Waals surface area (Å²) in [5, 5.41) is 5.09. The van der Waals surface area contributed by atoms with Crippen molar-refractivity contribution >= 4 is 28.4 Å². The summed E-state index contributed by atoms with van der Waals surface area (Å²) in [4.78, 5) is 22.8. The molecule has 4 aromatic rings. The van der Waals surface area contributed by atoms with Crippen LogP contribution < -0.4 is 0 Å². The Labute approximate surface area is 172 Å². The molecule has 3 heterocycles. The summed E-state index contributed by atoms with van der Waals surface area (Å²) in [6.07, 6.45) is 0.576. The number of nitrogens with one attached hydrogen (secondary N) is 1. The largest absolute Gasteiger partial charge is 0.356 e. The van der Waals surface area contributed by atoms with E-state index in [1.54, 1.807) is 11.8 Å². The summed E-state index contributed by atoms with van der Waals surface area (Å²) in [6, 6.07) is 17.4. The lowest BCUT2D eigenvalue weighted by Crippen LogP contribution is -2.43. The fourth-order valence-electron chi connectivity index (χ4n) is 4.29. The number of carbonyl (C=O) groups is 1. The van der Waals surface area contributed by atoms with Gasteiger partial charge in [-0.25, -0.2) is 0 Å². The van der Waals surface area contributed by atoms with E-state index in [1.165, 1.54) is 0 Å². The van der Waals surface area contributed by atoms with Crippen molar-refractivity contribution in [2.75, 3.05) is 5.88 Å². The highest BCUT2D eigenvalue weighted by molar-refractivity contribution is 6.27. The first kappa shape index (κ1) is 17.9. The first-order valence-corrected chi connectivity index (χ1v) is 10.0. The molecule has 0 aliphatic carbocycles. The molecule has 2 aromatic carbocycles. The molecule has 0 saturated carbocycles. The van der Waals surface area contributed by atoms with Gasteiger partial charge in [0.1, 0.15) is 11.9 Å². The summed E-state index contributed by atoms with van der Waals surface area (Å²) < 4.78 is 5.51. The predicted octanol–water partition coefficient (Wildman–Crippen LogP) is 4.31. The molecule has 2 aromatic heterocycles. The molecule has 7 heteroatoms. The smallest absolute Gasteiger partial charge is 0.249 e. The number of aryl methyl sites for hydroxylation is 1. The van der Waals surface area contributed by atoms with Crippen LogP contribution in [0.1, 0.15) is 40.6 Å². The number of H-pyrrole nitrogens is 1. The zero-order valence-electron chi connectivity index (χ0n) is 15.8. The zero-order chi connectivity index (χ0) is 20.0. The first-order chi connectivity index (χ1) is 14.2. The second kappa shape index (κ2) is 7.04. The highest BCUT2D eigenvalue weighted by Crippen LogP contribution is 2.45.